The zero-order valence-electron chi connectivity index (χ0n) is 15.4. The topological polar surface area (TPSA) is 66.6 Å². The molecule has 1 fully saturated rings. The van der Waals surface area contributed by atoms with E-state index in [9.17, 15) is 18.4 Å². The summed E-state index contributed by atoms with van der Waals surface area (Å²) in [5.74, 6) is -2.33. The molecule has 0 aliphatic carbocycles. The fraction of sp³-hybridized carbons (Fsp3) is 0.300. The second-order valence-corrected chi connectivity index (χ2v) is 7.63. The van der Waals surface area contributed by atoms with Gasteiger partial charge in [0.15, 0.2) is 0 Å². The number of amides is 2. The molecule has 2 amide bonds. The van der Waals surface area contributed by atoms with Crippen molar-refractivity contribution in [2.45, 2.75) is 12.5 Å². The molecule has 1 atom stereocenters. The maximum Gasteiger partial charge on any atom is 0.257 e. The number of halogens is 4. The van der Waals surface area contributed by atoms with E-state index in [1.807, 2.05) is 0 Å². The second kappa shape index (κ2) is 9.07. The monoisotopic (exact) mass is 441 g/mol. The van der Waals surface area contributed by atoms with E-state index in [1.54, 1.807) is 23.1 Å². The van der Waals surface area contributed by atoms with Crippen LogP contribution in [0, 0.1) is 11.6 Å². The molecule has 0 spiro atoms. The quantitative estimate of drug-likeness (QED) is 0.792. The van der Waals surface area contributed by atoms with Gasteiger partial charge < -0.3 is 15.5 Å². The number of nitrogens with zero attached hydrogens (tertiary/aromatic N) is 2. The minimum absolute atomic E-state index is 0.203. The maximum atomic E-state index is 13.8. The van der Waals surface area contributed by atoms with Crippen molar-refractivity contribution >= 4 is 35.0 Å². The molecule has 1 unspecified atom stereocenters. The van der Waals surface area contributed by atoms with Crippen molar-refractivity contribution in [2.75, 3.05) is 26.2 Å². The van der Waals surface area contributed by atoms with Gasteiger partial charge in [0, 0.05) is 36.2 Å². The average molecular weight is 442 g/mol. The Morgan fingerprint density at radius 2 is 1.66 bits per heavy atom. The van der Waals surface area contributed by atoms with Crippen molar-refractivity contribution in [1.82, 2.24) is 9.80 Å². The van der Waals surface area contributed by atoms with Crippen LogP contribution in [0.5, 0.6) is 0 Å². The number of rotatable bonds is 4. The molecule has 2 aromatic carbocycles. The van der Waals surface area contributed by atoms with Gasteiger partial charge in [0.25, 0.3) is 5.91 Å². The Kier molecular flexibility index (Phi) is 6.72. The fourth-order valence-corrected chi connectivity index (χ4v) is 3.69. The molecule has 154 valence electrons. The van der Waals surface area contributed by atoms with Gasteiger partial charge in [0.2, 0.25) is 5.91 Å². The molecular formula is C20H19Cl2F2N3O2. The third-order valence-electron chi connectivity index (χ3n) is 4.81. The van der Waals surface area contributed by atoms with Crippen LogP contribution in [0.1, 0.15) is 15.9 Å². The van der Waals surface area contributed by atoms with Crippen LogP contribution in [-0.2, 0) is 11.2 Å². The first-order valence-electron chi connectivity index (χ1n) is 8.99. The largest absolute Gasteiger partial charge is 0.338 e. The van der Waals surface area contributed by atoms with Crippen molar-refractivity contribution < 1.29 is 18.4 Å². The lowest BCUT2D eigenvalue weighted by Crippen LogP contribution is -2.54. The molecule has 0 radical (unpaired) electrons. The summed E-state index contributed by atoms with van der Waals surface area (Å²) in [6, 6.07) is 6.95. The summed E-state index contributed by atoms with van der Waals surface area (Å²) < 4.78 is 27.2. The van der Waals surface area contributed by atoms with Crippen LogP contribution in [-0.4, -0.2) is 53.8 Å². The van der Waals surface area contributed by atoms with Gasteiger partial charge in [-0.05, 0) is 42.3 Å². The highest BCUT2D eigenvalue weighted by atomic mass is 35.5. The third-order valence-corrected chi connectivity index (χ3v) is 5.40. The van der Waals surface area contributed by atoms with Gasteiger partial charge in [0.05, 0.1) is 11.6 Å². The smallest absolute Gasteiger partial charge is 0.257 e. The van der Waals surface area contributed by atoms with Gasteiger partial charge in [-0.2, -0.15) is 0 Å². The molecule has 1 saturated heterocycles. The van der Waals surface area contributed by atoms with E-state index in [-0.39, 0.29) is 44.1 Å². The first kappa shape index (κ1) is 21.5. The van der Waals surface area contributed by atoms with E-state index in [4.69, 9.17) is 28.9 Å². The molecule has 0 bridgehead atoms. The number of nitrogens with two attached hydrogens (primary N) is 1. The van der Waals surface area contributed by atoms with Crippen LogP contribution in [0.15, 0.2) is 36.4 Å². The Morgan fingerprint density at radius 1 is 1.00 bits per heavy atom. The predicted molar refractivity (Wildman–Crippen MR) is 107 cm³/mol. The lowest BCUT2D eigenvalue weighted by Gasteiger charge is -2.36. The van der Waals surface area contributed by atoms with Gasteiger partial charge in [-0.25, -0.2) is 8.78 Å². The lowest BCUT2D eigenvalue weighted by molar-refractivity contribution is -0.134. The van der Waals surface area contributed by atoms with Gasteiger partial charge in [-0.15, -0.1) is 0 Å². The maximum absolute atomic E-state index is 13.8. The number of hydrogen-bond donors (Lipinski definition) is 1. The van der Waals surface area contributed by atoms with Crippen LogP contribution < -0.4 is 5.73 Å². The second-order valence-electron chi connectivity index (χ2n) is 6.79. The summed E-state index contributed by atoms with van der Waals surface area (Å²) in [5, 5.41) is 0.933. The molecule has 29 heavy (non-hydrogen) atoms. The van der Waals surface area contributed by atoms with E-state index in [0.29, 0.717) is 15.6 Å². The van der Waals surface area contributed by atoms with Crippen LogP contribution >= 0.6 is 23.2 Å². The average Bonchev–Trinajstić information content (AvgIpc) is 2.71. The van der Waals surface area contributed by atoms with Crippen molar-refractivity contribution in [2.24, 2.45) is 5.73 Å². The normalized spacial score (nSPS) is 15.3. The molecule has 1 aliphatic heterocycles. The Bertz CT molecular complexity index is 934. The fourth-order valence-electron chi connectivity index (χ4n) is 3.21. The highest BCUT2D eigenvalue weighted by molar-refractivity contribution is 6.35. The van der Waals surface area contributed by atoms with Gasteiger partial charge in [0.1, 0.15) is 11.6 Å². The van der Waals surface area contributed by atoms with Crippen molar-refractivity contribution in [1.29, 1.82) is 0 Å². The molecule has 0 saturated carbocycles. The first-order chi connectivity index (χ1) is 13.8. The highest BCUT2D eigenvalue weighted by Crippen LogP contribution is 2.22. The summed E-state index contributed by atoms with van der Waals surface area (Å²) in [7, 11) is 0. The summed E-state index contributed by atoms with van der Waals surface area (Å²) in [5.41, 5.74) is 6.45. The molecule has 5 nitrogen and oxygen atoms in total. The number of carbonyl (C=O) groups is 2. The zero-order chi connectivity index (χ0) is 21.1. The number of hydrogen-bond acceptors (Lipinski definition) is 3. The van der Waals surface area contributed by atoms with Crippen molar-refractivity contribution in [3.63, 3.8) is 0 Å². The molecular weight excluding hydrogens is 423 g/mol. The standard InChI is InChI=1S/C20H19Cl2F2N3O2/c21-13-2-1-12(16(22)10-13)9-18(25)20(29)27-7-5-26(6-8-27)19(28)15-11-14(23)3-4-17(15)24/h1-4,10-11,18H,5-9,25H2. The van der Waals surface area contributed by atoms with Crippen LogP contribution in [0.4, 0.5) is 8.78 Å². The molecule has 9 heteroatoms. The molecule has 1 heterocycles. The molecule has 0 aromatic heterocycles. The summed E-state index contributed by atoms with van der Waals surface area (Å²) >= 11 is 12.0. The zero-order valence-corrected chi connectivity index (χ0v) is 16.9. The Balaban J connectivity index is 1.58. The molecule has 2 aromatic rings. The Hall–Kier alpha value is -2.22. The van der Waals surface area contributed by atoms with Crippen LogP contribution in [0.25, 0.3) is 0 Å². The van der Waals surface area contributed by atoms with Crippen molar-refractivity contribution in [3.05, 3.63) is 69.2 Å². The van der Waals surface area contributed by atoms with Gasteiger partial charge >= 0.3 is 0 Å². The van der Waals surface area contributed by atoms with Gasteiger partial charge in [-0.1, -0.05) is 29.3 Å². The van der Waals surface area contributed by atoms with E-state index in [2.05, 4.69) is 0 Å². The van der Waals surface area contributed by atoms with E-state index >= 15 is 0 Å². The highest BCUT2D eigenvalue weighted by Gasteiger charge is 2.29. The van der Waals surface area contributed by atoms with Crippen LogP contribution in [0.2, 0.25) is 10.0 Å². The minimum Gasteiger partial charge on any atom is -0.338 e. The van der Waals surface area contributed by atoms with E-state index < -0.39 is 23.6 Å². The van der Waals surface area contributed by atoms with E-state index in [0.717, 1.165) is 18.2 Å². The van der Waals surface area contributed by atoms with Crippen molar-refractivity contribution in [3.8, 4) is 0 Å². The lowest BCUT2D eigenvalue weighted by atomic mass is 10.0. The third kappa shape index (κ3) is 5.04. The number of benzene rings is 2. The Labute approximate surface area is 177 Å². The van der Waals surface area contributed by atoms with Crippen LogP contribution in [0.3, 0.4) is 0 Å². The summed E-state index contributed by atoms with van der Waals surface area (Å²) in [6.45, 7) is 0.914. The number of piperazine rings is 1. The van der Waals surface area contributed by atoms with E-state index in [1.165, 1.54) is 4.90 Å². The number of carbonyl (C=O) groups excluding carboxylic acids is 2. The summed E-state index contributed by atoms with van der Waals surface area (Å²) in [6.07, 6.45) is 0.252. The molecule has 1 aliphatic rings. The minimum atomic E-state index is -0.795. The summed E-state index contributed by atoms with van der Waals surface area (Å²) in [4.78, 5) is 28.0. The molecule has 2 N–H and O–H groups in total. The SMILES string of the molecule is NC(Cc1ccc(Cl)cc1Cl)C(=O)N1CCN(C(=O)c2cc(F)ccc2F)CC1. The molecule has 3 rings (SSSR count). The Morgan fingerprint density at radius 3 is 2.31 bits per heavy atom. The first-order valence-corrected chi connectivity index (χ1v) is 9.74. The van der Waals surface area contributed by atoms with Gasteiger partial charge in [-0.3, -0.25) is 9.59 Å². The predicted octanol–water partition coefficient (Wildman–Crippen LogP) is 3.13.